The third-order valence-electron chi connectivity index (χ3n) is 3.31. The molecule has 1 fully saturated rings. The normalized spacial score (nSPS) is 18.4. The van der Waals surface area contributed by atoms with Crippen molar-refractivity contribution in [2.75, 3.05) is 20.1 Å². The van der Waals surface area contributed by atoms with Crippen molar-refractivity contribution < 1.29 is 14.7 Å². The van der Waals surface area contributed by atoms with Crippen molar-refractivity contribution in [3.63, 3.8) is 0 Å². The van der Waals surface area contributed by atoms with Gasteiger partial charge in [0.1, 0.15) is 5.75 Å². The van der Waals surface area contributed by atoms with Crippen molar-refractivity contribution in [2.24, 2.45) is 5.92 Å². The quantitative estimate of drug-likeness (QED) is 0.826. The Morgan fingerprint density at radius 3 is 3.05 bits per heavy atom. The molecular weight excluding hydrogens is 246 g/mol. The van der Waals surface area contributed by atoms with Gasteiger partial charge < -0.3 is 15.3 Å². The molecule has 0 saturated carbocycles. The minimum atomic E-state index is -0.280. The molecular formula is C13H17N3O3. The van der Waals surface area contributed by atoms with E-state index in [2.05, 4.69) is 10.3 Å². The standard InChI is InChI=1S/C13H17N3O3/c1-14-11(18)7-9-4-6-16(8-9)13(19)12-10(17)3-2-5-15-12/h2-3,5,9,17H,4,6-8H2,1H3,(H,14,18)/t9-/m0/s1. The number of nitrogens with one attached hydrogen (secondary N) is 1. The third-order valence-corrected chi connectivity index (χ3v) is 3.31. The Kier molecular flexibility index (Phi) is 3.99. The van der Waals surface area contributed by atoms with E-state index in [0.717, 1.165) is 6.42 Å². The second kappa shape index (κ2) is 5.69. The van der Waals surface area contributed by atoms with Gasteiger partial charge in [-0.25, -0.2) is 4.98 Å². The van der Waals surface area contributed by atoms with Crippen molar-refractivity contribution in [1.82, 2.24) is 15.2 Å². The molecule has 1 aliphatic rings. The number of hydrogen-bond acceptors (Lipinski definition) is 4. The summed E-state index contributed by atoms with van der Waals surface area (Å²) in [6, 6.07) is 3.02. The first-order valence-corrected chi connectivity index (χ1v) is 6.25. The fourth-order valence-electron chi connectivity index (χ4n) is 2.26. The molecule has 102 valence electrons. The number of rotatable bonds is 3. The maximum Gasteiger partial charge on any atom is 0.276 e. The number of hydrogen-bond donors (Lipinski definition) is 2. The lowest BCUT2D eigenvalue weighted by molar-refractivity contribution is -0.121. The van der Waals surface area contributed by atoms with Crippen molar-refractivity contribution >= 4 is 11.8 Å². The van der Waals surface area contributed by atoms with Crippen LogP contribution in [-0.4, -0.2) is 46.9 Å². The number of aromatic nitrogens is 1. The molecule has 0 bridgehead atoms. The lowest BCUT2D eigenvalue weighted by atomic mass is 10.0. The summed E-state index contributed by atoms with van der Waals surface area (Å²) in [6.07, 6.45) is 2.70. The first kappa shape index (κ1) is 13.3. The third kappa shape index (κ3) is 3.01. The van der Waals surface area contributed by atoms with Crippen LogP contribution in [0.25, 0.3) is 0 Å². The molecule has 0 spiro atoms. The minimum absolute atomic E-state index is 0.0139. The average molecular weight is 263 g/mol. The fourth-order valence-corrected chi connectivity index (χ4v) is 2.26. The summed E-state index contributed by atoms with van der Waals surface area (Å²) in [4.78, 5) is 29.0. The van der Waals surface area contributed by atoms with Crippen LogP contribution in [-0.2, 0) is 4.79 Å². The second-order valence-corrected chi connectivity index (χ2v) is 4.65. The van der Waals surface area contributed by atoms with Crippen LogP contribution in [0.1, 0.15) is 23.3 Å². The Morgan fingerprint density at radius 1 is 1.58 bits per heavy atom. The zero-order valence-electron chi connectivity index (χ0n) is 10.8. The number of aromatic hydroxyl groups is 1. The van der Waals surface area contributed by atoms with Crippen LogP contribution in [0.15, 0.2) is 18.3 Å². The van der Waals surface area contributed by atoms with Crippen LogP contribution in [0.5, 0.6) is 5.75 Å². The first-order chi connectivity index (χ1) is 9.11. The van der Waals surface area contributed by atoms with Crippen LogP contribution < -0.4 is 5.32 Å². The van der Waals surface area contributed by atoms with Gasteiger partial charge in [-0.15, -0.1) is 0 Å². The fraction of sp³-hybridized carbons (Fsp3) is 0.462. The molecule has 0 unspecified atom stereocenters. The number of likely N-dealkylation sites (tertiary alicyclic amines) is 1. The highest BCUT2D eigenvalue weighted by Crippen LogP contribution is 2.23. The Morgan fingerprint density at radius 2 is 2.37 bits per heavy atom. The Labute approximate surface area is 111 Å². The highest BCUT2D eigenvalue weighted by atomic mass is 16.3. The lowest BCUT2D eigenvalue weighted by Crippen LogP contribution is -2.30. The van der Waals surface area contributed by atoms with Gasteiger partial charge in [-0.3, -0.25) is 9.59 Å². The van der Waals surface area contributed by atoms with Gasteiger partial charge in [-0.2, -0.15) is 0 Å². The summed E-state index contributed by atoms with van der Waals surface area (Å²) in [5.41, 5.74) is 0.0723. The summed E-state index contributed by atoms with van der Waals surface area (Å²) in [5.74, 6) is -0.227. The predicted molar refractivity (Wildman–Crippen MR) is 68.6 cm³/mol. The molecule has 1 aromatic heterocycles. The number of pyridine rings is 1. The van der Waals surface area contributed by atoms with Crippen LogP contribution in [0.2, 0.25) is 0 Å². The second-order valence-electron chi connectivity index (χ2n) is 4.65. The van der Waals surface area contributed by atoms with Crippen LogP contribution in [0, 0.1) is 5.92 Å². The maximum absolute atomic E-state index is 12.2. The van der Waals surface area contributed by atoms with Crippen LogP contribution >= 0.6 is 0 Å². The molecule has 6 nitrogen and oxygen atoms in total. The number of carbonyl (C=O) groups excluding carboxylic acids is 2. The smallest absolute Gasteiger partial charge is 0.276 e. The maximum atomic E-state index is 12.2. The van der Waals surface area contributed by atoms with Gasteiger partial charge in [0.25, 0.3) is 5.91 Å². The summed E-state index contributed by atoms with van der Waals surface area (Å²) in [5, 5.41) is 12.2. The molecule has 0 aliphatic carbocycles. The van der Waals surface area contributed by atoms with Crippen LogP contribution in [0.4, 0.5) is 0 Å². The Hall–Kier alpha value is -2.11. The van der Waals surface area contributed by atoms with Gasteiger partial charge in [0, 0.05) is 32.8 Å². The highest BCUT2D eigenvalue weighted by molar-refractivity contribution is 5.95. The van der Waals surface area contributed by atoms with Crippen molar-refractivity contribution in [3.05, 3.63) is 24.0 Å². The SMILES string of the molecule is CNC(=O)C[C@@H]1CCN(C(=O)c2ncccc2O)C1. The van der Waals surface area contributed by atoms with Gasteiger partial charge in [0.2, 0.25) is 5.91 Å². The van der Waals surface area contributed by atoms with E-state index in [0.29, 0.717) is 19.5 Å². The zero-order valence-corrected chi connectivity index (χ0v) is 10.8. The molecule has 6 heteroatoms. The zero-order chi connectivity index (χ0) is 13.8. The number of amides is 2. The molecule has 2 amide bonds. The van der Waals surface area contributed by atoms with E-state index >= 15 is 0 Å². The lowest BCUT2D eigenvalue weighted by Gasteiger charge is -2.16. The molecule has 1 aliphatic heterocycles. The molecule has 19 heavy (non-hydrogen) atoms. The molecule has 2 rings (SSSR count). The van der Waals surface area contributed by atoms with E-state index in [1.165, 1.54) is 12.3 Å². The molecule has 2 N–H and O–H groups in total. The van der Waals surface area contributed by atoms with E-state index in [1.807, 2.05) is 0 Å². The van der Waals surface area contributed by atoms with Gasteiger partial charge in [0.15, 0.2) is 5.69 Å². The summed E-state index contributed by atoms with van der Waals surface area (Å²) in [7, 11) is 1.60. The summed E-state index contributed by atoms with van der Waals surface area (Å²) < 4.78 is 0. The van der Waals surface area contributed by atoms with E-state index in [1.54, 1.807) is 18.0 Å². The topological polar surface area (TPSA) is 82.5 Å². The molecule has 2 heterocycles. The number of nitrogens with zero attached hydrogens (tertiary/aromatic N) is 2. The van der Waals surface area contributed by atoms with Gasteiger partial charge >= 0.3 is 0 Å². The van der Waals surface area contributed by atoms with Crippen molar-refractivity contribution in [2.45, 2.75) is 12.8 Å². The highest BCUT2D eigenvalue weighted by Gasteiger charge is 2.29. The average Bonchev–Trinajstić information content (AvgIpc) is 2.87. The predicted octanol–water partition coefficient (Wildman–Crippen LogP) is 0.385. The van der Waals surface area contributed by atoms with E-state index < -0.39 is 0 Å². The molecule has 0 aromatic carbocycles. The van der Waals surface area contributed by atoms with E-state index in [9.17, 15) is 14.7 Å². The van der Waals surface area contributed by atoms with Crippen LogP contribution in [0.3, 0.4) is 0 Å². The summed E-state index contributed by atoms with van der Waals surface area (Å²) >= 11 is 0. The molecule has 0 radical (unpaired) electrons. The van der Waals surface area contributed by atoms with Gasteiger partial charge in [-0.05, 0) is 24.5 Å². The summed E-state index contributed by atoms with van der Waals surface area (Å²) in [6.45, 7) is 1.12. The van der Waals surface area contributed by atoms with Gasteiger partial charge in [-0.1, -0.05) is 0 Å². The van der Waals surface area contributed by atoms with Crippen molar-refractivity contribution in [3.8, 4) is 5.75 Å². The van der Waals surface area contributed by atoms with Crippen molar-refractivity contribution in [1.29, 1.82) is 0 Å². The minimum Gasteiger partial charge on any atom is -0.505 e. The van der Waals surface area contributed by atoms with E-state index in [4.69, 9.17) is 0 Å². The number of carbonyl (C=O) groups is 2. The first-order valence-electron chi connectivity index (χ1n) is 6.25. The Bertz CT molecular complexity index is 490. The monoisotopic (exact) mass is 263 g/mol. The molecule has 1 saturated heterocycles. The molecule has 1 aromatic rings. The van der Waals surface area contributed by atoms with Gasteiger partial charge in [0.05, 0.1) is 0 Å². The Balaban J connectivity index is 1.99. The molecule has 1 atom stereocenters. The largest absolute Gasteiger partial charge is 0.505 e. The van der Waals surface area contributed by atoms with E-state index in [-0.39, 0.29) is 29.2 Å².